The summed E-state index contributed by atoms with van der Waals surface area (Å²) in [4.78, 5) is 4.09. The van der Waals surface area contributed by atoms with Gasteiger partial charge in [-0.15, -0.1) is 16.5 Å². The minimum Gasteiger partial charge on any atom is -0.505 e. The standard InChI is InChI=1S/C24H18N4O4S2/c1-13-5-2-3-8-18(13)27-28-21-20(34(30,31)32)12-17-16(22(21)29)9-10-19-23(17)33-24(26-19)14-6-4-7-15(25)11-14/h2-12,29H,25H2,1H3,(H,30,31,32). The SMILES string of the molecule is Cc1ccccc1N=Nc1c(S(=O)(=O)O)cc2c(ccc3nc(-c4cccc(N)c4)sc32)c1O. The summed E-state index contributed by atoms with van der Waals surface area (Å²) in [5, 5.41) is 20.6. The van der Waals surface area contributed by atoms with E-state index < -0.39 is 20.8 Å². The molecule has 0 saturated carbocycles. The summed E-state index contributed by atoms with van der Waals surface area (Å²) in [5.41, 5.74) is 8.91. The summed E-state index contributed by atoms with van der Waals surface area (Å²) >= 11 is 1.33. The highest BCUT2D eigenvalue weighted by Crippen LogP contribution is 2.45. The highest BCUT2D eigenvalue weighted by molar-refractivity contribution is 7.86. The number of nitrogen functional groups attached to an aromatic ring is 1. The maximum Gasteiger partial charge on any atom is 0.296 e. The van der Waals surface area contributed by atoms with Gasteiger partial charge in [-0.1, -0.05) is 30.3 Å². The van der Waals surface area contributed by atoms with E-state index >= 15 is 0 Å². The fourth-order valence-electron chi connectivity index (χ4n) is 3.67. The van der Waals surface area contributed by atoms with Gasteiger partial charge in [0.25, 0.3) is 10.1 Å². The molecule has 0 aliphatic carbocycles. The minimum absolute atomic E-state index is 0.335. The quantitative estimate of drug-likeness (QED) is 0.152. The molecule has 10 heteroatoms. The van der Waals surface area contributed by atoms with Crippen molar-refractivity contribution in [3.8, 4) is 16.3 Å². The molecule has 5 rings (SSSR count). The molecule has 8 nitrogen and oxygen atoms in total. The van der Waals surface area contributed by atoms with Crippen molar-refractivity contribution in [2.24, 2.45) is 10.2 Å². The average Bonchev–Trinajstić information content (AvgIpc) is 3.23. The number of hydrogen-bond acceptors (Lipinski definition) is 8. The number of benzene rings is 4. The number of anilines is 1. The molecule has 1 aromatic heterocycles. The number of azo groups is 1. The van der Waals surface area contributed by atoms with Crippen molar-refractivity contribution in [2.75, 3.05) is 5.73 Å². The van der Waals surface area contributed by atoms with Gasteiger partial charge in [0.15, 0.2) is 5.75 Å². The fourth-order valence-corrected chi connectivity index (χ4v) is 5.40. The minimum atomic E-state index is -4.73. The summed E-state index contributed by atoms with van der Waals surface area (Å²) in [6, 6.07) is 19.1. The normalized spacial score (nSPS) is 12.2. The Hall–Kier alpha value is -3.86. The summed E-state index contributed by atoms with van der Waals surface area (Å²) in [6.45, 7) is 1.83. The van der Waals surface area contributed by atoms with Crippen LogP contribution in [0.4, 0.5) is 17.1 Å². The Morgan fingerprint density at radius 2 is 1.76 bits per heavy atom. The molecule has 0 saturated heterocycles. The van der Waals surface area contributed by atoms with Crippen molar-refractivity contribution < 1.29 is 18.1 Å². The first kappa shape index (κ1) is 22.0. The van der Waals surface area contributed by atoms with E-state index in [9.17, 15) is 18.1 Å². The van der Waals surface area contributed by atoms with Crippen LogP contribution < -0.4 is 5.73 Å². The molecule has 0 unspecified atom stereocenters. The van der Waals surface area contributed by atoms with Gasteiger partial charge in [-0.3, -0.25) is 4.55 Å². The first-order valence-electron chi connectivity index (χ1n) is 10.1. The number of aromatic hydroxyl groups is 1. The molecule has 170 valence electrons. The second-order valence-corrected chi connectivity index (χ2v) is 10.1. The molecular formula is C24H18N4O4S2. The number of phenols is 1. The van der Waals surface area contributed by atoms with Crippen LogP contribution in [0.15, 0.2) is 81.9 Å². The number of hydrogen-bond donors (Lipinski definition) is 3. The van der Waals surface area contributed by atoms with Crippen molar-refractivity contribution in [3.05, 3.63) is 72.3 Å². The van der Waals surface area contributed by atoms with Crippen LogP contribution in [0, 0.1) is 6.92 Å². The van der Waals surface area contributed by atoms with E-state index in [-0.39, 0.29) is 5.69 Å². The molecule has 5 aromatic rings. The highest BCUT2D eigenvalue weighted by atomic mass is 32.2. The maximum atomic E-state index is 12.2. The molecular weight excluding hydrogens is 472 g/mol. The Balaban J connectivity index is 1.75. The molecule has 0 aliphatic heterocycles. The molecule has 0 radical (unpaired) electrons. The zero-order valence-electron chi connectivity index (χ0n) is 17.8. The van der Waals surface area contributed by atoms with Crippen LogP contribution in [0.2, 0.25) is 0 Å². The number of nitrogens with two attached hydrogens (primary N) is 1. The number of rotatable bonds is 4. The number of nitrogens with zero attached hydrogens (tertiary/aromatic N) is 3. The van der Waals surface area contributed by atoms with E-state index in [4.69, 9.17) is 5.73 Å². The van der Waals surface area contributed by atoms with Gasteiger partial charge >= 0.3 is 0 Å². The Labute approximate surface area is 198 Å². The number of phenolic OH excluding ortho intramolecular Hbond substituents is 1. The first-order valence-corrected chi connectivity index (χ1v) is 12.4. The van der Waals surface area contributed by atoms with Gasteiger partial charge in [0.2, 0.25) is 0 Å². The van der Waals surface area contributed by atoms with Crippen LogP contribution >= 0.6 is 11.3 Å². The molecule has 0 fully saturated rings. The summed E-state index contributed by atoms with van der Waals surface area (Å²) in [6.07, 6.45) is 0. The van der Waals surface area contributed by atoms with E-state index in [1.165, 1.54) is 17.4 Å². The molecule has 0 atom stereocenters. The molecule has 0 spiro atoms. The number of thiazole rings is 1. The van der Waals surface area contributed by atoms with Crippen LogP contribution in [0.1, 0.15) is 5.56 Å². The Bertz CT molecular complexity index is 1730. The smallest absolute Gasteiger partial charge is 0.296 e. The van der Waals surface area contributed by atoms with Crippen LogP contribution in [0.5, 0.6) is 5.75 Å². The lowest BCUT2D eigenvalue weighted by Gasteiger charge is -2.09. The largest absolute Gasteiger partial charge is 0.505 e. The predicted octanol–water partition coefficient (Wildman–Crippen LogP) is 6.37. The summed E-state index contributed by atoms with van der Waals surface area (Å²) < 4.78 is 35.1. The van der Waals surface area contributed by atoms with E-state index in [1.54, 1.807) is 36.4 Å². The first-order chi connectivity index (χ1) is 16.2. The van der Waals surface area contributed by atoms with Gasteiger partial charge in [0.1, 0.15) is 15.6 Å². The molecule has 4 N–H and O–H groups in total. The van der Waals surface area contributed by atoms with Crippen molar-refractivity contribution in [1.29, 1.82) is 0 Å². The van der Waals surface area contributed by atoms with Crippen molar-refractivity contribution in [2.45, 2.75) is 11.8 Å². The maximum absolute atomic E-state index is 12.2. The van der Waals surface area contributed by atoms with Gasteiger partial charge < -0.3 is 10.8 Å². The van der Waals surface area contributed by atoms with Gasteiger partial charge in [-0.25, -0.2) is 4.98 Å². The topological polar surface area (TPSA) is 138 Å². The van der Waals surface area contributed by atoms with E-state index in [0.29, 0.717) is 37.4 Å². The third kappa shape index (κ3) is 3.87. The van der Waals surface area contributed by atoms with Gasteiger partial charge in [0, 0.05) is 22.0 Å². The van der Waals surface area contributed by atoms with Crippen LogP contribution in [0.25, 0.3) is 31.6 Å². The monoisotopic (exact) mass is 490 g/mol. The van der Waals surface area contributed by atoms with E-state index in [2.05, 4.69) is 15.2 Å². The van der Waals surface area contributed by atoms with Crippen LogP contribution in [-0.2, 0) is 10.1 Å². The third-order valence-electron chi connectivity index (χ3n) is 5.37. The number of fused-ring (bicyclic) bond motifs is 3. The molecule has 0 aliphatic rings. The lowest BCUT2D eigenvalue weighted by molar-refractivity contribution is 0.472. The zero-order chi connectivity index (χ0) is 24.0. The van der Waals surface area contributed by atoms with Crippen molar-refractivity contribution in [3.63, 3.8) is 0 Å². The lowest BCUT2D eigenvalue weighted by Crippen LogP contribution is -1.99. The molecule has 1 heterocycles. The predicted molar refractivity (Wildman–Crippen MR) is 134 cm³/mol. The molecule has 0 amide bonds. The fraction of sp³-hybridized carbons (Fsp3) is 0.0417. The van der Waals surface area contributed by atoms with Crippen molar-refractivity contribution in [1.82, 2.24) is 4.98 Å². The Morgan fingerprint density at radius 1 is 0.971 bits per heavy atom. The molecule has 34 heavy (non-hydrogen) atoms. The average molecular weight is 491 g/mol. The van der Waals surface area contributed by atoms with E-state index in [0.717, 1.165) is 11.1 Å². The van der Waals surface area contributed by atoms with Crippen LogP contribution in [0.3, 0.4) is 0 Å². The second kappa shape index (κ2) is 8.17. The Morgan fingerprint density at radius 3 is 2.50 bits per heavy atom. The molecule has 4 aromatic carbocycles. The second-order valence-electron chi connectivity index (χ2n) is 7.69. The zero-order valence-corrected chi connectivity index (χ0v) is 19.4. The summed E-state index contributed by atoms with van der Waals surface area (Å²) in [7, 11) is -4.73. The molecule has 0 bridgehead atoms. The highest BCUT2D eigenvalue weighted by Gasteiger charge is 2.24. The van der Waals surface area contributed by atoms with Gasteiger partial charge in [0.05, 0.1) is 15.9 Å². The van der Waals surface area contributed by atoms with Crippen molar-refractivity contribution >= 4 is 59.5 Å². The number of aromatic nitrogens is 1. The Kier molecular flexibility index (Phi) is 5.28. The van der Waals surface area contributed by atoms with E-state index in [1.807, 2.05) is 31.2 Å². The summed E-state index contributed by atoms with van der Waals surface area (Å²) in [5.74, 6) is -0.400. The third-order valence-corrected chi connectivity index (χ3v) is 7.39. The lowest BCUT2D eigenvalue weighted by atomic mass is 10.1. The van der Waals surface area contributed by atoms with Gasteiger partial charge in [-0.2, -0.15) is 13.5 Å². The van der Waals surface area contributed by atoms with Gasteiger partial charge in [-0.05, 0) is 48.9 Å². The van der Waals surface area contributed by atoms with Crippen LogP contribution in [-0.4, -0.2) is 23.1 Å². The number of aryl methyl sites for hydroxylation is 1.